The van der Waals surface area contributed by atoms with Crippen LogP contribution in [-0.2, 0) is 12.6 Å². The third-order valence-electron chi connectivity index (χ3n) is 4.43. The van der Waals surface area contributed by atoms with Gasteiger partial charge in [0.25, 0.3) is 5.01 Å². The number of hydrogen-bond donors (Lipinski definition) is 1. The Morgan fingerprint density at radius 1 is 0.750 bits per heavy atom. The van der Waals surface area contributed by atoms with E-state index in [9.17, 15) is 5.11 Å². The van der Waals surface area contributed by atoms with Gasteiger partial charge in [0.2, 0.25) is 11.1 Å². The lowest BCUT2D eigenvalue weighted by atomic mass is 9.86. The van der Waals surface area contributed by atoms with Gasteiger partial charge in [0.1, 0.15) is 11.7 Å². The third-order valence-corrected chi connectivity index (χ3v) is 5.76. The normalized spacial score (nSPS) is 11.8. The molecule has 0 spiro atoms. The zero-order valence-corrected chi connectivity index (χ0v) is 14.2. The molecular weight excluding hydrogens is 314 g/mol. The Bertz CT molecular complexity index is 937. The van der Waals surface area contributed by atoms with E-state index in [1.54, 1.807) is 11.3 Å². The number of benzene rings is 3. The minimum atomic E-state index is -1.18. The van der Waals surface area contributed by atoms with Crippen molar-refractivity contribution >= 4 is 21.6 Å². The summed E-state index contributed by atoms with van der Waals surface area (Å²) in [5, 5.41) is 12.8. The average molecular weight is 332 g/mol. The molecule has 4 rings (SSSR count). The Kier molecular flexibility index (Phi) is 3.68. The fourth-order valence-electron chi connectivity index (χ4n) is 3.19. The Morgan fingerprint density at radius 3 is 1.79 bits per heavy atom. The van der Waals surface area contributed by atoms with Gasteiger partial charge in [-0.1, -0.05) is 84.1 Å². The van der Waals surface area contributed by atoms with Crippen molar-refractivity contribution in [2.24, 2.45) is 7.05 Å². The molecule has 0 saturated heterocycles. The molecule has 0 fully saturated rings. The molecule has 4 aromatic rings. The van der Waals surface area contributed by atoms with Crippen LogP contribution in [0.4, 0.5) is 0 Å². The molecule has 0 bridgehead atoms. The molecule has 0 aliphatic heterocycles. The number of rotatable bonds is 3. The van der Waals surface area contributed by atoms with Gasteiger partial charge in [0, 0.05) is 6.07 Å². The molecule has 118 valence electrons. The van der Waals surface area contributed by atoms with Crippen LogP contribution in [-0.4, -0.2) is 5.11 Å². The topological polar surface area (TPSA) is 24.1 Å². The smallest absolute Gasteiger partial charge is 0.279 e. The number of thiazole rings is 1. The van der Waals surface area contributed by atoms with Crippen LogP contribution in [0.2, 0.25) is 0 Å². The molecule has 1 N–H and O–H groups in total. The van der Waals surface area contributed by atoms with Crippen molar-refractivity contribution in [2.75, 3.05) is 0 Å². The van der Waals surface area contributed by atoms with Crippen molar-refractivity contribution < 1.29 is 9.67 Å². The van der Waals surface area contributed by atoms with Crippen molar-refractivity contribution in [1.82, 2.24) is 0 Å². The number of aromatic nitrogens is 1. The highest BCUT2D eigenvalue weighted by atomic mass is 32.1. The highest BCUT2D eigenvalue weighted by molar-refractivity contribution is 7.18. The van der Waals surface area contributed by atoms with Gasteiger partial charge in [-0.2, -0.15) is 4.57 Å². The first-order valence-corrected chi connectivity index (χ1v) is 8.74. The summed E-state index contributed by atoms with van der Waals surface area (Å²) in [5.41, 5.74) is 1.69. The molecule has 0 aliphatic rings. The fourth-order valence-corrected chi connectivity index (χ4v) is 4.47. The van der Waals surface area contributed by atoms with E-state index in [1.165, 1.54) is 4.70 Å². The lowest BCUT2D eigenvalue weighted by Crippen LogP contribution is -2.42. The van der Waals surface area contributed by atoms with Gasteiger partial charge < -0.3 is 5.11 Å². The molecular formula is C21H18NOS+. The minimum absolute atomic E-state index is 0.873. The van der Waals surface area contributed by atoms with Gasteiger partial charge in [-0.3, -0.25) is 0 Å². The van der Waals surface area contributed by atoms with Crippen molar-refractivity contribution in [1.29, 1.82) is 0 Å². The molecule has 0 unspecified atom stereocenters. The van der Waals surface area contributed by atoms with Gasteiger partial charge in [-0.05, 0) is 17.2 Å². The largest absolute Gasteiger partial charge is 0.370 e. The Morgan fingerprint density at radius 2 is 1.25 bits per heavy atom. The number of fused-ring (bicyclic) bond motifs is 1. The van der Waals surface area contributed by atoms with Crippen molar-refractivity contribution in [3.05, 3.63) is 101 Å². The van der Waals surface area contributed by atoms with Gasteiger partial charge in [0.15, 0.2) is 0 Å². The van der Waals surface area contributed by atoms with Crippen LogP contribution in [0.3, 0.4) is 0 Å². The fraction of sp³-hybridized carbons (Fsp3) is 0.0952. The molecule has 24 heavy (non-hydrogen) atoms. The van der Waals surface area contributed by atoms with E-state index < -0.39 is 5.60 Å². The SMILES string of the molecule is C[n+]1c(C(O)(c2ccccc2)c2ccccc2)sc2ccccc21. The van der Waals surface area contributed by atoms with Crippen molar-refractivity contribution in [3.63, 3.8) is 0 Å². The molecule has 0 radical (unpaired) electrons. The monoisotopic (exact) mass is 332 g/mol. The highest BCUT2D eigenvalue weighted by Crippen LogP contribution is 2.39. The van der Waals surface area contributed by atoms with Crippen LogP contribution in [0.15, 0.2) is 84.9 Å². The molecule has 0 amide bonds. The van der Waals surface area contributed by atoms with Gasteiger partial charge in [-0.15, -0.1) is 0 Å². The quantitative estimate of drug-likeness (QED) is 0.563. The van der Waals surface area contributed by atoms with Crippen LogP contribution in [0, 0.1) is 0 Å². The highest BCUT2D eigenvalue weighted by Gasteiger charge is 2.43. The molecule has 0 atom stereocenters. The van der Waals surface area contributed by atoms with E-state index in [0.29, 0.717) is 0 Å². The molecule has 2 nitrogen and oxygen atoms in total. The Balaban J connectivity index is 2.05. The van der Waals surface area contributed by atoms with Gasteiger partial charge in [0.05, 0.1) is 0 Å². The second kappa shape index (κ2) is 5.86. The molecule has 0 saturated carbocycles. The Hall–Kier alpha value is -2.49. The van der Waals surface area contributed by atoms with Crippen molar-refractivity contribution in [2.45, 2.75) is 5.60 Å². The summed E-state index contributed by atoms with van der Waals surface area (Å²) in [5.74, 6) is 0. The minimum Gasteiger partial charge on any atom is -0.370 e. The molecule has 0 aliphatic carbocycles. The lowest BCUT2D eigenvalue weighted by Gasteiger charge is -2.25. The number of hydrogen-bond acceptors (Lipinski definition) is 2. The van der Waals surface area contributed by atoms with E-state index in [4.69, 9.17) is 0 Å². The van der Waals surface area contributed by atoms with Crippen LogP contribution < -0.4 is 4.57 Å². The maximum absolute atomic E-state index is 11.9. The lowest BCUT2D eigenvalue weighted by molar-refractivity contribution is -0.653. The predicted octanol–water partition coefficient (Wildman–Crippen LogP) is 4.01. The molecule has 1 heterocycles. The summed E-state index contributed by atoms with van der Waals surface area (Å²) >= 11 is 1.63. The first-order chi connectivity index (χ1) is 11.7. The molecule has 3 aromatic carbocycles. The summed E-state index contributed by atoms with van der Waals surface area (Å²) in [6.45, 7) is 0. The number of para-hydroxylation sites is 1. The van der Waals surface area contributed by atoms with Crippen LogP contribution in [0.5, 0.6) is 0 Å². The number of nitrogens with zero attached hydrogens (tertiary/aromatic N) is 1. The summed E-state index contributed by atoms with van der Waals surface area (Å²) in [6, 6.07) is 28.0. The first kappa shape index (κ1) is 15.1. The zero-order chi connectivity index (χ0) is 16.6. The predicted molar refractivity (Wildman–Crippen MR) is 98.0 cm³/mol. The molecule has 3 heteroatoms. The summed E-state index contributed by atoms with van der Waals surface area (Å²) in [6.07, 6.45) is 0. The second-order valence-electron chi connectivity index (χ2n) is 5.88. The van der Waals surface area contributed by atoms with E-state index in [2.05, 4.69) is 16.7 Å². The van der Waals surface area contributed by atoms with Gasteiger partial charge >= 0.3 is 0 Å². The van der Waals surface area contributed by atoms with Gasteiger partial charge in [-0.25, -0.2) is 0 Å². The van der Waals surface area contributed by atoms with Crippen LogP contribution in [0.25, 0.3) is 10.2 Å². The summed E-state index contributed by atoms with van der Waals surface area (Å²) < 4.78 is 3.26. The van der Waals surface area contributed by atoms with E-state index in [0.717, 1.165) is 21.7 Å². The second-order valence-corrected chi connectivity index (χ2v) is 6.91. The summed E-state index contributed by atoms with van der Waals surface area (Å²) in [4.78, 5) is 0. The van der Waals surface area contributed by atoms with E-state index in [1.807, 2.05) is 79.8 Å². The van der Waals surface area contributed by atoms with E-state index in [-0.39, 0.29) is 0 Å². The van der Waals surface area contributed by atoms with Crippen LogP contribution in [0.1, 0.15) is 16.1 Å². The van der Waals surface area contributed by atoms with E-state index >= 15 is 0 Å². The first-order valence-electron chi connectivity index (χ1n) is 7.92. The molecule has 1 aromatic heterocycles. The standard InChI is InChI=1S/C21H18NOS/c1-22-18-14-8-9-15-19(18)24-20(22)21(23,16-10-4-2-5-11-16)17-12-6-3-7-13-17/h2-15,23H,1H3/q+1. The zero-order valence-electron chi connectivity index (χ0n) is 13.4. The number of aliphatic hydroxyl groups is 1. The Labute approximate surface area is 145 Å². The third kappa shape index (κ3) is 2.25. The maximum Gasteiger partial charge on any atom is 0.279 e. The van der Waals surface area contributed by atoms with Crippen LogP contribution >= 0.6 is 11.3 Å². The summed E-state index contributed by atoms with van der Waals surface area (Å²) in [7, 11) is 2.02. The maximum atomic E-state index is 11.9. The number of aryl methyl sites for hydroxylation is 1. The van der Waals surface area contributed by atoms with Crippen molar-refractivity contribution in [3.8, 4) is 0 Å². The average Bonchev–Trinajstić information content (AvgIpc) is 3.00.